The SMILES string of the molecule is COc1cc(/C=C2\C(=O)ON=C2c2ccccc2)cc(I)c1OS(=O)(=O)c1ccc(C)cc1. The fourth-order valence-electron chi connectivity index (χ4n) is 3.15. The fourth-order valence-corrected chi connectivity index (χ4v) is 4.99. The maximum Gasteiger partial charge on any atom is 0.368 e. The summed E-state index contributed by atoms with van der Waals surface area (Å²) < 4.78 is 36.8. The Kier molecular flexibility index (Phi) is 6.52. The summed E-state index contributed by atoms with van der Waals surface area (Å²) in [6.45, 7) is 1.87. The van der Waals surface area contributed by atoms with Crippen molar-refractivity contribution in [3.8, 4) is 11.5 Å². The van der Waals surface area contributed by atoms with E-state index in [0.717, 1.165) is 11.1 Å². The molecule has 0 atom stereocenters. The highest BCUT2D eigenvalue weighted by molar-refractivity contribution is 14.1. The Bertz CT molecular complexity index is 1380. The summed E-state index contributed by atoms with van der Waals surface area (Å²) in [4.78, 5) is 17.2. The largest absolute Gasteiger partial charge is 0.493 e. The van der Waals surface area contributed by atoms with Gasteiger partial charge in [-0.05, 0) is 65.4 Å². The maximum atomic E-state index is 12.8. The Hall–Kier alpha value is -3.18. The highest BCUT2D eigenvalue weighted by Gasteiger charge is 2.27. The van der Waals surface area contributed by atoms with Gasteiger partial charge in [-0.25, -0.2) is 4.79 Å². The molecule has 0 N–H and O–H groups in total. The van der Waals surface area contributed by atoms with Crippen molar-refractivity contribution in [2.75, 3.05) is 7.11 Å². The van der Waals surface area contributed by atoms with Gasteiger partial charge in [0.05, 0.1) is 16.3 Å². The minimum atomic E-state index is -4.07. The predicted molar refractivity (Wildman–Crippen MR) is 132 cm³/mol. The van der Waals surface area contributed by atoms with Crippen molar-refractivity contribution >= 4 is 50.5 Å². The average molecular weight is 575 g/mol. The van der Waals surface area contributed by atoms with E-state index in [-0.39, 0.29) is 22.0 Å². The first-order chi connectivity index (χ1) is 15.8. The second-order valence-corrected chi connectivity index (χ2v) is 9.84. The quantitative estimate of drug-likeness (QED) is 0.183. The third kappa shape index (κ3) is 4.93. The van der Waals surface area contributed by atoms with E-state index in [1.54, 1.807) is 30.3 Å². The molecule has 0 amide bonds. The van der Waals surface area contributed by atoms with Gasteiger partial charge in [-0.2, -0.15) is 8.42 Å². The molecule has 3 aromatic rings. The molecule has 0 saturated carbocycles. The molecular formula is C24H18INO6S. The molecular weight excluding hydrogens is 557 g/mol. The van der Waals surface area contributed by atoms with Gasteiger partial charge in [0.1, 0.15) is 10.6 Å². The number of aryl methyl sites for hydroxylation is 1. The molecule has 0 aliphatic carbocycles. The first-order valence-corrected chi connectivity index (χ1v) is 12.2. The third-order valence-corrected chi connectivity index (χ3v) is 6.84. The number of carbonyl (C=O) groups is 1. The highest BCUT2D eigenvalue weighted by atomic mass is 127. The molecule has 4 rings (SSSR count). The lowest BCUT2D eigenvalue weighted by Crippen LogP contribution is -2.11. The third-order valence-electron chi connectivity index (χ3n) is 4.81. The summed E-state index contributed by atoms with van der Waals surface area (Å²) in [7, 11) is -2.66. The van der Waals surface area contributed by atoms with Crippen LogP contribution < -0.4 is 8.92 Å². The van der Waals surface area contributed by atoms with E-state index < -0.39 is 16.1 Å². The van der Waals surface area contributed by atoms with Gasteiger partial charge in [-0.1, -0.05) is 53.2 Å². The molecule has 7 nitrogen and oxygen atoms in total. The maximum absolute atomic E-state index is 12.8. The van der Waals surface area contributed by atoms with E-state index in [1.165, 1.54) is 19.2 Å². The van der Waals surface area contributed by atoms with Crippen molar-refractivity contribution in [1.82, 2.24) is 0 Å². The minimum absolute atomic E-state index is 0.0366. The van der Waals surface area contributed by atoms with Crippen LogP contribution in [-0.4, -0.2) is 27.2 Å². The molecule has 1 heterocycles. The molecule has 1 aliphatic heterocycles. The highest BCUT2D eigenvalue weighted by Crippen LogP contribution is 2.37. The molecule has 1 aliphatic rings. The van der Waals surface area contributed by atoms with E-state index in [2.05, 4.69) is 5.16 Å². The first kappa shape index (κ1) is 23.0. The molecule has 0 bridgehead atoms. The lowest BCUT2D eigenvalue weighted by molar-refractivity contribution is -0.136. The number of nitrogens with zero attached hydrogens (tertiary/aromatic N) is 1. The lowest BCUT2D eigenvalue weighted by Gasteiger charge is -2.14. The molecule has 168 valence electrons. The number of carbonyl (C=O) groups excluding carboxylic acids is 1. The summed E-state index contributed by atoms with van der Waals surface area (Å²) >= 11 is 1.96. The summed E-state index contributed by atoms with van der Waals surface area (Å²) in [6.07, 6.45) is 1.62. The van der Waals surface area contributed by atoms with Gasteiger partial charge in [0, 0.05) is 5.56 Å². The number of oxime groups is 1. The van der Waals surface area contributed by atoms with Gasteiger partial charge in [-0.3, -0.25) is 0 Å². The van der Waals surface area contributed by atoms with Crippen molar-refractivity contribution in [2.24, 2.45) is 5.16 Å². The Labute approximate surface area is 204 Å². The van der Waals surface area contributed by atoms with E-state index in [1.807, 2.05) is 59.8 Å². The van der Waals surface area contributed by atoms with Gasteiger partial charge in [0.25, 0.3) is 0 Å². The molecule has 0 aromatic heterocycles. The lowest BCUT2D eigenvalue weighted by atomic mass is 10.0. The second-order valence-electron chi connectivity index (χ2n) is 7.13. The van der Waals surface area contributed by atoms with Crippen molar-refractivity contribution in [2.45, 2.75) is 11.8 Å². The Morgan fingerprint density at radius 3 is 2.39 bits per heavy atom. The van der Waals surface area contributed by atoms with Crippen molar-refractivity contribution in [1.29, 1.82) is 0 Å². The first-order valence-electron chi connectivity index (χ1n) is 9.74. The van der Waals surface area contributed by atoms with Crippen LogP contribution in [-0.2, 0) is 19.8 Å². The minimum Gasteiger partial charge on any atom is -0.493 e. The zero-order chi connectivity index (χ0) is 23.6. The van der Waals surface area contributed by atoms with Crippen LogP contribution in [0.2, 0.25) is 0 Å². The van der Waals surface area contributed by atoms with Gasteiger partial charge >= 0.3 is 16.1 Å². The molecule has 0 radical (unpaired) electrons. The van der Waals surface area contributed by atoms with E-state index in [0.29, 0.717) is 14.8 Å². The number of halogens is 1. The fraction of sp³-hybridized carbons (Fsp3) is 0.0833. The molecule has 0 fully saturated rings. The number of hydrogen-bond acceptors (Lipinski definition) is 7. The summed E-state index contributed by atoms with van der Waals surface area (Å²) in [5, 5.41) is 3.90. The topological polar surface area (TPSA) is 91.3 Å². The van der Waals surface area contributed by atoms with Crippen molar-refractivity contribution in [3.05, 3.63) is 92.6 Å². The van der Waals surface area contributed by atoms with Gasteiger partial charge in [0.2, 0.25) is 0 Å². The number of rotatable bonds is 6. The van der Waals surface area contributed by atoms with E-state index in [4.69, 9.17) is 13.8 Å². The van der Waals surface area contributed by atoms with Crippen LogP contribution in [0.4, 0.5) is 0 Å². The Morgan fingerprint density at radius 1 is 1.03 bits per heavy atom. The zero-order valence-corrected chi connectivity index (χ0v) is 20.6. The number of ether oxygens (including phenoxy) is 1. The van der Waals surface area contributed by atoms with Crippen molar-refractivity contribution < 1.29 is 27.0 Å². The van der Waals surface area contributed by atoms with Gasteiger partial charge < -0.3 is 13.8 Å². The molecule has 33 heavy (non-hydrogen) atoms. The van der Waals surface area contributed by atoms with E-state index >= 15 is 0 Å². The smallest absolute Gasteiger partial charge is 0.368 e. The van der Waals surface area contributed by atoms with E-state index in [9.17, 15) is 13.2 Å². The molecule has 0 spiro atoms. The molecule has 0 unspecified atom stereocenters. The normalized spacial score (nSPS) is 14.7. The Balaban J connectivity index is 1.70. The van der Waals surface area contributed by atoms with Gasteiger partial charge in [-0.15, -0.1) is 0 Å². The van der Waals surface area contributed by atoms with Crippen LogP contribution in [0.3, 0.4) is 0 Å². The number of methoxy groups -OCH3 is 1. The number of benzene rings is 3. The van der Waals surface area contributed by atoms with Gasteiger partial charge in [0.15, 0.2) is 11.5 Å². The predicted octanol–water partition coefficient (Wildman–Crippen LogP) is 4.72. The van der Waals surface area contributed by atoms with Crippen LogP contribution in [0.1, 0.15) is 16.7 Å². The zero-order valence-electron chi connectivity index (χ0n) is 17.6. The van der Waals surface area contributed by atoms with Crippen molar-refractivity contribution in [3.63, 3.8) is 0 Å². The van der Waals surface area contributed by atoms with Crippen LogP contribution in [0, 0.1) is 10.5 Å². The number of hydrogen-bond donors (Lipinski definition) is 0. The standard InChI is InChI=1S/C24H18INO6S/c1-15-8-10-18(11-9-15)33(28,29)32-23-20(25)13-16(14-21(23)30-2)12-19-22(26-31-24(19)27)17-6-4-3-5-7-17/h3-14H,1-2H3/b19-12-. The van der Waals surface area contributed by atoms with Crippen LogP contribution in [0.15, 0.2) is 82.4 Å². The molecule has 3 aromatic carbocycles. The average Bonchev–Trinajstić information content (AvgIpc) is 3.16. The Morgan fingerprint density at radius 2 is 1.73 bits per heavy atom. The monoisotopic (exact) mass is 575 g/mol. The van der Waals surface area contributed by atoms with Crippen LogP contribution >= 0.6 is 22.6 Å². The molecule has 0 saturated heterocycles. The summed E-state index contributed by atoms with van der Waals surface area (Å²) in [5.41, 5.74) is 2.95. The molecule has 9 heteroatoms. The van der Waals surface area contributed by atoms with Crippen LogP contribution in [0.25, 0.3) is 6.08 Å². The second kappa shape index (κ2) is 9.36. The summed E-state index contributed by atoms with van der Waals surface area (Å²) in [6, 6.07) is 18.8. The summed E-state index contributed by atoms with van der Waals surface area (Å²) in [5.74, 6) is -0.314. The van der Waals surface area contributed by atoms with Crippen LogP contribution in [0.5, 0.6) is 11.5 Å².